The number of hydrogen-bond donors (Lipinski definition) is 0. The summed E-state index contributed by atoms with van der Waals surface area (Å²) in [5, 5.41) is 5.10. The third-order valence-corrected chi connectivity index (χ3v) is 4.56. The summed E-state index contributed by atoms with van der Waals surface area (Å²) in [6.45, 7) is 0.619. The van der Waals surface area contributed by atoms with Gasteiger partial charge in [0.05, 0.1) is 5.69 Å². The van der Waals surface area contributed by atoms with E-state index in [4.69, 9.17) is 11.6 Å². The predicted molar refractivity (Wildman–Crippen MR) is 97.9 cm³/mol. The number of hydrogen-bond acceptors (Lipinski definition) is 2. The summed E-state index contributed by atoms with van der Waals surface area (Å²) < 4.78 is 1.69. The molecule has 0 unspecified atom stereocenters. The molecule has 0 aliphatic heterocycles. The topological polar surface area (TPSA) is 38.1 Å². The van der Waals surface area contributed by atoms with Crippen molar-refractivity contribution in [2.45, 2.75) is 25.4 Å². The third kappa shape index (κ3) is 3.59. The van der Waals surface area contributed by atoms with Crippen LogP contribution >= 0.6 is 11.6 Å². The van der Waals surface area contributed by atoms with Gasteiger partial charge in [-0.1, -0.05) is 48.0 Å². The molecule has 1 aliphatic rings. The molecule has 1 heterocycles. The highest BCUT2D eigenvalue weighted by atomic mass is 35.5. The van der Waals surface area contributed by atoms with Crippen molar-refractivity contribution in [2.75, 3.05) is 0 Å². The second-order valence-electron chi connectivity index (χ2n) is 6.28. The standard InChI is InChI=1S/C20H18ClN3O/c21-16-7-4-8-18(13-16)24-12-11-19(22-24)20(25)23(17-9-10-17)14-15-5-2-1-3-6-15/h1-8,11-13,17H,9-10,14H2. The fraction of sp³-hybridized carbons (Fsp3) is 0.200. The van der Waals surface area contributed by atoms with Crippen LogP contribution in [0.25, 0.3) is 5.69 Å². The van der Waals surface area contributed by atoms with Crippen LogP contribution < -0.4 is 0 Å². The molecule has 0 bridgehead atoms. The average Bonchev–Trinajstić information content (AvgIpc) is 3.35. The van der Waals surface area contributed by atoms with Crippen molar-refractivity contribution in [3.8, 4) is 5.69 Å². The molecule has 0 saturated heterocycles. The van der Waals surface area contributed by atoms with E-state index in [1.165, 1.54) is 0 Å². The van der Waals surface area contributed by atoms with Crippen molar-refractivity contribution in [3.63, 3.8) is 0 Å². The maximum absolute atomic E-state index is 13.0. The van der Waals surface area contributed by atoms with Gasteiger partial charge in [-0.3, -0.25) is 4.79 Å². The van der Waals surface area contributed by atoms with E-state index < -0.39 is 0 Å². The smallest absolute Gasteiger partial charge is 0.274 e. The SMILES string of the molecule is O=C(c1ccn(-c2cccc(Cl)c2)n1)N(Cc1ccccc1)C1CC1. The van der Waals surface area contributed by atoms with E-state index in [0.717, 1.165) is 24.1 Å². The first-order valence-electron chi connectivity index (χ1n) is 8.37. The molecule has 5 heteroatoms. The Labute approximate surface area is 151 Å². The molecule has 126 valence electrons. The number of halogens is 1. The van der Waals surface area contributed by atoms with E-state index in [0.29, 0.717) is 23.3 Å². The van der Waals surface area contributed by atoms with Crippen molar-refractivity contribution < 1.29 is 4.79 Å². The Morgan fingerprint density at radius 1 is 1.12 bits per heavy atom. The van der Waals surface area contributed by atoms with Gasteiger partial charge in [0, 0.05) is 23.8 Å². The largest absolute Gasteiger partial charge is 0.330 e. The zero-order valence-electron chi connectivity index (χ0n) is 13.7. The van der Waals surface area contributed by atoms with Crippen LogP contribution in [0.5, 0.6) is 0 Å². The molecule has 2 aromatic carbocycles. The summed E-state index contributed by atoms with van der Waals surface area (Å²) in [6.07, 6.45) is 3.92. The highest BCUT2D eigenvalue weighted by Crippen LogP contribution is 2.29. The first kappa shape index (κ1) is 15.9. The van der Waals surface area contributed by atoms with Gasteiger partial charge in [-0.15, -0.1) is 0 Å². The van der Waals surface area contributed by atoms with Gasteiger partial charge in [0.25, 0.3) is 5.91 Å². The number of aromatic nitrogens is 2. The Bertz CT molecular complexity index is 887. The second-order valence-corrected chi connectivity index (χ2v) is 6.71. The Kier molecular flexibility index (Phi) is 4.28. The van der Waals surface area contributed by atoms with Crippen molar-refractivity contribution >= 4 is 17.5 Å². The number of amides is 1. The van der Waals surface area contributed by atoms with Gasteiger partial charge in [-0.25, -0.2) is 4.68 Å². The monoisotopic (exact) mass is 351 g/mol. The molecule has 0 N–H and O–H groups in total. The maximum atomic E-state index is 13.0. The molecule has 0 radical (unpaired) electrons. The van der Waals surface area contributed by atoms with Crippen LogP contribution in [0.2, 0.25) is 5.02 Å². The molecule has 25 heavy (non-hydrogen) atoms. The van der Waals surface area contributed by atoms with Crippen LogP contribution in [0.1, 0.15) is 28.9 Å². The second kappa shape index (κ2) is 6.73. The number of carbonyl (C=O) groups excluding carboxylic acids is 1. The lowest BCUT2D eigenvalue weighted by Gasteiger charge is -2.21. The average molecular weight is 352 g/mol. The summed E-state index contributed by atoms with van der Waals surface area (Å²) in [5.41, 5.74) is 2.44. The molecule has 1 aliphatic carbocycles. The van der Waals surface area contributed by atoms with E-state index in [2.05, 4.69) is 5.10 Å². The van der Waals surface area contributed by atoms with Gasteiger partial charge in [-0.2, -0.15) is 5.10 Å². The van der Waals surface area contributed by atoms with E-state index in [-0.39, 0.29) is 5.91 Å². The predicted octanol–water partition coefficient (Wildman–Crippen LogP) is 4.33. The molecule has 1 aromatic heterocycles. The van der Waals surface area contributed by atoms with E-state index in [9.17, 15) is 4.79 Å². The molecule has 0 atom stereocenters. The zero-order valence-corrected chi connectivity index (χ0v) is 14.4. The minimum atomic E-state index is -0.0212. The lowest BCUT2D eigenvalue weighted by atomic mass is 10.2. The first-order chi connectivity index (χ1) is 12.2. The van der Waals surface area contributed by atoms with E-state index in [1.807, 2.05) is 59.5 Å². The summed E-state index contributed by atoms with van der Waals surface area (Å²) >= 11 is 6.04. The van der Waals surface area contributed by atoms with Crippen LogP contribution in [0.4, 0.5) is 0 Å². The molecule has 4 rings (SSSR count). The quantitative estimate of drug-likeness (QED) is 0.686. The number of rotatable bonds is 5. The lowest BCUT2D eigenvalue weighted by Crippen LogP contribution is -2.33. The lowest BCUT2D eigenvalue weighted by molar-refractivity contribution is 0.0723. The Morgan fingerprint density at radius 3 is 2.64 bits per heavy atom. The van der Waals surface area contributed by atoms with Crippen molar-refractivity contribution in [1.29, 1.82) is 0 Å². The maximum Gasteiger partial charge on any atom is 0.274 e. The summed E-state index contributed by atoms with van der Waals surface area (Å²) in [5.74, 6) is -0.0212. The highest BCUT2D eigenvalue weighted by Gasteiger charge is 2.33. The van der Waals surface area contributed by atoms with Gasteiger partial charge in [-0.05, 0) is 42.7 Å². The van der Waals surface area contributed by atoms with E-state index in [1.54, 1.807) is 16.9 Å². The summed E-state index contributed by atoms with van der Waals surface area (Å²) in [4.78, 5) is 14.9. The van der Waals surface area contributed by atoms with Gasteiger partial charge < -0.3 is 4.90 Å². The molecule has 3 aromatic rings. The number of carbonyl (C=O) groups is 1. The minimum absolute atomic E-state index is 0.0212. The molecule has 4 nitrogen and oxygen atoms in total. The van der Waals surface area contributed by atoms with Crippen LogP contribution in [-0.2, 0) is 6.54 Å². The van der Waals surface area contributed by atoms with Gasteiger partial charge >= 0.3 is 0 Å². The normalized spacial score (nSPS) is 13.6. The molecular formula is C20H18ClN3O. The minimum Gasteiger partial charge on any atom is -0.330 e. The fourth-order valence-electron chi connectivity index (χ4n) is 2.88. The molecule has 1 saturated carbocycles. The van der Waals surface area contributed by atoms with Crippen LogP contribution in [0, 0.1) is 0 Å². The first-order valence-corrected chi connectivity index (χ1v) is 8.75. The molecule has 0 spiro atoms. The van der Waals surface area contributed by atoms with Crippen molar-refractivity contribution in [1.82, 2.24) is 14.7 Å². The van der Waals surface area contributed by atoms with Crippen molar-refractivity contribution in [3.05, 3.63) is 83.1 Å². The van der Waals surface area contributed by atoms with Gasteiger partial charge in [0.1, 0.15) is 0 Å². The Morgan fingerprint density at radius 2 is 1.92 bits per heavy atom. The zero-order chi connectivity index (χ0) is 17.2. The Hall–Kier alpha value is -2.59. The molecular weight excluding hydrogens is 334 g/mol. The van der Waals surface area contributed by atoms with Gasteiger partial charge in [0.2, 0.25) is 0 Å². The Balaban J connectivity index is 1.57. The third-order valence-electron chi connectivity index (χ3n) is 4.33. The summed E-state index contributed by atoms with van der Waals surface area (Å²) in [7, 11) is 0. The number of benzene rings is 2. The van der Waals surface area contributed by atoms with E-state index >= 15 is 0 Å². The van der Waals surface area contributed by atoms with Crippen LogP contribution in [-0.4, -0.2) is 26.6 Å². The van der Waals surface area contributed by atoms with Gasteiger partial charge in [0.15, 0.2) is 5.69 Å². The highest BCUT2D eigenvalue weighted by molar-refractivity contribution is 6.30. The van der Waals surface area contributed by atoms with Crippen LogP contribution in [0.15, 0.2) is 66.9 Å². The fourth-order valence-corrected chi connectivity index (χ4v) is 3.07. The molecule has 1 amide bonds. The molecule has 1 fully saturated rings. The van der Waals surface area contributed by atoms with Crippen LogP contribution in [0.3, 0.4) is 0 Å². The number of nitrogens with zero attached hydrogens (tertiary/aromatic N) is 3. The van der Waals surface area contributed by atoms with Crippen molar-refractivity contribution in [2.24, 2.45) is 0 Å². The summed E-state index contributed by atoms with van der Waals surface area (Å²) in [6, 6.07) is 19.6.